The highest BCUT2D eigenvalue weighted by Gasteiger charge is 2.19. The van der Waals surface area contributed by atoms with Gasteiger partial charge in [0.05, 0.1) is 40.8 Å². The number of fused-ring (bicyclic) bond motifs is 1. The number of hydrogen-bond acceptors (Lipinski definition) is 6. The second-order valence-electron chi connectivity index (χ2n) is 10.8. The predicted octanol–water partition coefficient (Wildman–Crippen LogP) is 5.03. The molecule has 3 aromatic carbocycles. The number of benzene rings is 3. The average Bonchev–Trinajstić information content (AvgIpc) is 3.35. The Morgan fingerprint density at radius 2 is 1.77 bits per heavy atom. The summed E-state index contributed by atoms with van der Waals surface area (Å²) in [4.78, 5) is 25.1. The lowest BCUT2D eigenvalue weighted by Gasteiger charge is -2.19. The van der Waals surface area contributed by atoms with Crippen molar-refractivity contribution >= 4 is 16.6 Å². The topological polar surface area (TPSA) is 114 Å². The third kappa shape index (κ3) is 4.95. The molecule has 200 valence electrons. The van der Waals surface area contributed by atoms with Crippen molar-refractivity contribution in [3.05, 3.63) is 117 Å². The monoisotopic (exact) mass is 531 g/mol. The second-order valence-corrected chi connectivity index (χ2v) is 10.8. The minimum absolute atomic E-state index is 0.0142. The Labute approximate surface area is 231 Å². The number of ketones is 1. The number of nitriles is 1. The van der Waals surface area contributed by atoms with E-state index in [4.69, 9.17) is 0 Å². The Morgan fingerprint density at radius 3 is 2.42 bits per heavy atom. The number of aromatic nitrogens is 4. The van der Waals surface area contributed by atoms with Gasteiger partial charge in [0.25, 0.3) is 5.56 Å². The van der Waals surface area contributed by atoms with Crippen LogP contribution in [0.4, 0.5) is 0 Å². The van der Waals surface area contributed by atoms with Gasteiger partial charge in [0.15, 0.2) is 5.78 Å². The molecule has 0 aliphatic carbocycles. The average molecular weight is 532 g/mol. The van der Waals surface area contributed by atoms with Crippen LogP contribution < -0.4 is 5.56 Å². The molecule has 0 spiro atoms. The molecule has 40 heavy (non-hydrogen) atoms. The molecule has 0 aliphatic heterocycles. The van der Waals surface area contributed by atoms with Crippen LogP contribution in [0.5, 0.6) is 0 Å². The van der Waals surface area contributed by atoms with E-state index in [1.807, 2.05) is 30.3 Å². The summed E-state index contributed by atoms with van der Waals surface area (Å²) in [6, 6.07) is 20.4. The van der Waals surface area contributed by atoms with Gasteiger partial charge in [-0.2, -0.15) is 20.1 Å². The molecular formula is C32H29N5O3. The lowest BCUT2D eigenvalue weighted by molar-refractivity contribution is 0.101. The Morgan fingerprint density at radius 1 is 1.05 bits per heavy atom. The van der Waals surface area contributed by atoms with E-state index >= 15 is 0 Å². The van der Waals surface area contributed by atoms with Gasteiger partial charge in [-0.15, -0.1) is 0 Å². The number of rotatable bonds is 6. The molecule has 0 aliphatic rings. The smallest absolute Gasteiger partial charge is 0.279 e. The molecule has 0 saturated heterocycles. The molecule has 5 rings (SSSR count). The molecule has 0 saturated carbocycles. The summed E-state index contributed by atoms with van der Waals surface area (Å²) >= 11 is 0. The summed E-state index contributed by atoms with van der Waals surface area (Å²) < 4.78 is 2.84. The van der Waals surface area contributed by atoms with Crippen LogP contribution in [0, 0.1) is 11.3 Å². The molecule has 0 radical (unpaired) electrons. The highest BCUT2D eigenvalue weighted by Crippen LogP contribution is 2.26. The molecule has 0 amide bonds. The van der Waals surface area contributed by atoms with Crippen molar-refractivity contribution in [2.45, 2.75) is 46.1 Å². The zero-order valence-corrected chi connectivity index (χ0v) is 22.8. The van der Waals surface area contributed by atoms with E-state index in [0.29, 0.717) is 45.6 Å². The van der Waals surface area contributed by atoms with Crippen molar-refractivity contribution in [1.29, 1.82) is 5.26 Å². The summed E-state index contributed by atoms with van der Waals surface area (Å²) in [5.41, 5.74) is 4.64. The molecule has 8 nitrogen and oxygen atoms in total. The Balaban J connectivity index is 1.56. The first-order chi connectivity index (χ1) is 19.1. The normalized spacial score (nSPS) is 11.5. The van der Waals surface area contributed by atoms with Crippen molar-refractivity contribution in [1.82, 2.24) is 19.6 Å². The van der Waals surface area contributed by atoms with Gasteiger partial charge in [0.2, 0.25) is 0 Å². The van der Waals surface area contributed by atoms with E-state index in [2.05, 4.69) is 37.0 Å². The maximum absolute atomic E-state index is 13.5. The minimum Gasteiger partial charge on any atom is -0.392 e. The quantitative estimate of drug-likeness (QED) is 0.308. The van der Waals surface area contributed by atoms with Crippen LogP contribution >= 0.6 is 0 Å². The van der Waals surface area contributed by atoms with Gasteiger partial charge < -0.3 is 5.11 Å². The first kappa shape index (κ1) is 26.7. The standard InChI is InChI=1S/C32H29N5O3/c1-20(39)22-10-8-21(9-11-22)14-28-24(16-33)18-36(35-28)29-6-5-7-30(27(29)19-38)37-31(40)26-13-12-25(32(2,3)4)15-23(26)17-34-37/h5-13,15,17-18,38H,14,19H2,1-4H3. The zero-order chi connectivity index (χ0) is 28.6. The maximum atomic E-state index is 13.5. The number of hydrogen-bond donors (Lipinski definition) is 1. The maximum Gasteiger partial charge on any atom is 0.279 e. The van der Waals surface area contributed by atoms with E-state index in [0.717, 1.165) is 16.5 Å². The lowest BCUT2D eigenvalue weighted by Crippen LogP contribution is -2.23. The Kier molecular flexibility index (Phi) is 6.92. The van der Waals surface area contributed by atoms with Gasteiger partial charge in [-0.1, -0.05) is 57.2 Å². The van der Waals surface area contributed by atoms with Crippen LogP contribution in [0.25, 0.3) is 22.1 Å². The van der Waals surface area contributed by atoms with E-state index in [-0.39, 0.29) is 23.4 Å². The van der Waals surface area contributed by atoms with Crippen LogP contribution in [0.15, 0.2) is 77.9 Å². The van der Waals surface area contributed by atoms with Crippen molar-refractivity contribution < 1.29 is 9.90 Å². The van der Waals surface area contributed by atoms with Gasteiger partial charge in [-0.3, -0.25) is 9.59 Å². The lowest BCUT2D eigenvalue weighted by atomic mass is 9.86. The van der Waals surface area contributed by atoms with Crippen LogP contribution in [0.2, 0.25) is 0 Å². The molecule has 0 atom stereocenters. The van der Waals surface area contributed by atoms with Crippen LogP contribution in [-0.4, -0.2) is 30.5 Å². The largest absolute Gasteiger partial charge is 0.392 e. The van der Waals surface area contributed by atoms with Crippen LogP contribution in [0.1, 0.15) is 66.0 Å². The van der Waals surface area contributed by atoms with E-state index in [9.17, 15) is 20.0 Å². The number of carbonyl (C=O) groups excluding carboxylic acids is 1. The summed E-state index contributed by atoms with van der Waals surface area (Å²) in [7, 11) is 0. The molecule has 0 fully saturated rings. The fraction of sp³-hybridized carbons (Fsp3) is 0.219. The third-order valence-electron chi connectivity index (χ3n) is 7.06. The second kappa shape index (κ2) is 10.4. The zero-order valence-electron chi connectivity index (χ0n) is 22.8. The predicted molar refractivity (Wildman–Crippen MR) is 153 cm³/mol. The van der Waals surface area contributed by atoms with E-state index < -0.39 is 0 Å². The molecule has 0 unspecified atom stereocenters. The first-order valence-corrected chi connectivity index (χ1v) is 13.0. The summed E-state index contributed by atoms with van der Waals surface area (Å²) in [5, 5.41) is 30.6. The van der Waals surface area contributed by atoms with Crippen molar-refractivity contribution in [2.24, 2.45) is 0 Å². The fourth-order valence-electron chi connectivity index (χ4n) is 4.73. The highest BCUT2D eigenvalue weighted by molar-refractivity contribution is 5.94. The van der Waals surface area contributed by atoms with E-state index in [1.54, 1.807) is 47.4 Å². The Bertz CT molecular complexity index is 1850. The van der Waals surface area contributed by atoms with Gasteiger partial charge >= 0.3 is 0 Å². The van der Waals surface area contributed by atoms with Crippen molar-refractivity contribution in [3.8, 4) is 17.4 Å². The molecule has 2 aromatic heterocycles. The first-order valence-electron chi connectivity index (χ1n) is 13.0. The third-order valence-corrected chi connectivity index (χ3v) is 7.06. The number of nitrogens with zero attached hydrogens (tertiary/aromatic N) is 5. The number of carbonyl (C=O) groups is 1. The molecule has 2 heterocycles. The van der Waals surface area contributed by atoms with Crippen LogP contribution in [0.3, 0.4) is 0 Å². The van der Waals surface area contributed by atoms with Gasteiger partial charge in [0.1, 0.15) is 6.07 Å². The minimum atomic E-state index is -0.371. The number of Topliss-reactive ketones (excluding diaryl/α,β-unsaturated/α-hetero) is 1. The van der Waals surface area contributed by atoms with Crippen molar-refractivity contribution in [3.63, 3.8) is 0 Å². The molecule has 0 bridgehead atoms. The summed E-state index contributed by atoms with van der Waals surface area (Å²) in [5.74, 6) is -0.0142. The van der Waals surface area contributed by atoms with Crippen LogP contribution in [-0.2, 0) is 18.4 Å². The van der Waals surface area contributed by atoms with E-state index in [1.165, 1.54) is 11.6 Å². The fourth-order valence-corrected chi connectivity index (χ4v) is 4.73. The summed E-state index contributed by atoms with van der Waals surface area (Å²) in [6.07, 6.45) is 3.67. The highest BCUT2D eigenvalue weighted by atomic mass is 16.3. The summed E-state index contributed by atoms with van der Waals surface area (Å²) in [6.45, 7) is 7.49. The number of aliphatic hydroxyl groups is 1. The Hall–Kier alpha value is -4.87. The SMILES string of the molecule is CC(=O)c1ccc(Cc2nn(-c3cccc(-n4ncc5cc(C(C)(C)C)ccc5c4=O)c3CO)cc2C#N)cc1. The number of aliphatic hydroxyl groups excluding tert-OH is 1. The molecule has 8 heteroatoms. The van der Waals surface area contributed by atoms with Crippen molar-refractivity contribution in [2.75, 3.05) is 0 Å². The van der Waals surface area contributed by atoms with Gasteiger partial charge in [-0.05, 0) is 47.7 Å². The van der Waals surface area contributed by atoms with Gasteiger partial charge in [0, 0.05) is 29.1 Å². The molecule has 1 N–H and O–H groups in total. The molecular weight excluding hydrogens is 502 g/mol. The molecule has 5 aromatic rings. The van der Waals surface area contributed by atoms with Gasteiger partial charge in [-0.25, -0.2) is 4.68 Å².